The third-order valence-electron chi connectivity index (χ3n) is 10.3. The SMILES string of the molecule is c1ccc(N(c2ccccc2)c2ccc3oc4cc(-c5ccc6oc7c(-c8ccc9oc%10ccccc%10c9c8)cccc7c6c5)ccc4c3c2)cc1. The Labute approximate surface area is 298 Å². The quantitative estimate of drug-likeness (QED) is 0.183. The van der Waals surface area contributed by atoms with Crippen LogP contribution in [0.2, 0.25) is 0 Å². The Morgan fingerprint density at radius 3 is 1.63 bits per heavy atom. The van der Waals surface area contributed by atoms with Crippen LogP contribution in [-0.4, -0.2) is 0 Å². The Balaban J connectivity index is 0.991. The van der Waals surface area contributed by atoms with Crippen molar-refractivity contribution in [2.75, 3.05) is 4.90 Å². The van der Waals surface area contributed by atoms with E-state index in [2.05, 4.69) is 157 Å². The molecule has 0 N–H and O–H groups in total. The molecule has 8 aromatic carbocycles. The van der Waals surface area contributed by atoms with E-state index in [-0.39, 0.29) is 0 Å². The molecule has 0 unspecified atom stereocenters. The Hall–Kier alpha value is -7.04. The van der Waals surface area contributed by atoms with Gasteiger partial charge in [-0.15, -0.1) is 0 Å². The minimum Gasteiger partial charge on any atom is -0.456 e. The lowest BCUT2D eigenvalue weighted by molar-refractivity contribution is 0.668. The van der Waals surface area contributed by atoms with Gasteiger partial charge >= 0.3 is 0 Å². The van der Waals surface area contributed by atoms with Crippen molar-refractivity contribution in [1.29, 1.82) is 0 Å². The summed E-state index contributed by atoms with van der Waals surface area (Å²) in [5.41, 5.74) is 12.9. The van der Waals surface area contributed by atoms with Crippen molar-refractivity contribution >= 4 is 82.9 Å². The molecule has 244 valence electrons. The number of para-hydroxylation sites is 4. The van der Waals surface area contributed by atoms with Gasteiger partial charge in [0.1, 0.15) is 33.5 Å². The topological polar surface area (TPSA) is 42.7 Å². The van der Waals surface area contributed by atoms with Crippen LogP contribution in [0.1, 0.15) is 0 Å². The highest BCUT2D eigenvalue weighted by Crippen LogP contribution is 2.42. The molecule has 52 heavy (non-hydrogen) atoms. The fourth-order valence-corrected chi connectivity index (χ4v) is 7.78. The van der Waals surface area contributed by atoms with Gasteiger partial charge in [0.15, 0.2) is 0 Å². The van der Waals surface area contributed by atoms with E-state index in [1.807, 2.05) is 24.3 Å². The fourth-order valence-electron chi connectivity index (χ4n) is 7.78. The summed E-state index contributed by atoms with van der Waals surface area (Å²) in [6.45, 7) is 0. The molecule has 3 aromatic heterocycles. The molecule has 0 amide bonds. The predicted molar refractivity (Wildman–Crippen MR) is 214 cm³/mol. The van der Waals surface area contributed by atoms with Gasteiger partial charge in [0, 0.05) is 54.9 Å². The lowest BCUT2D eigenvalue weighted by Crippen LogP contribution is -2.09. The molecular weight excluding hydrogens is 639 g/mol. The minimum atomic E-state index is 0.859. The molecule has 0 saturated carbocycles. The average Bonchev–Trinajstić information content (AvgIpc) is 3.89. The first-order valence-electron chi connectivity index (χ1n) is 17.5. The largest absolute Gasteiger partial charge is 0.456 e. The van der Waals surface area contributed by atoms with Crippen LogP contribution < -0.4 is 4.90 Å². The van der Waals surface area contributed by atoms with Crippen molar-refractivity contribution in [2.45, 2.75) is 0 Å². The van der Waals surface area contributed by atoms with E-state index in [0.29, 0.717) is 0 Å². The van der Waals surface area contributed by atoms with Gasteiger partial charge < -0.3 is 18.2 Å². The van der Waals surface area contributed by atoms with E-state index < -0.39 is 0 Å². The monoisotopic (exact) mass is 667 g/mol. The number of nitrogens with zero attached hydrogens (tertiary/aromatic N) is 1. The van der Waals surface area contributed by atoms with E-state index in [1.54, 1.807) is 0 Å². The van der Waals surface area contributed by atoms with Gasteiger partial charge in [-0.3, -0.25) is 0 Å². The first-order chi connectivity index (χ1) is 25.7. The van der Waals surface area contributed by atoms with Gasteiger partial charge in [-0.25, -0.2) is 0 Å². The van der Waals surface area contributed by atoms with Crippen molar-refractivity contribution in [3.05, 3.63) is 176 Å². The zero-order valence-electron chi connectivity index (χ0n) is 27.9. The maximum Gasteiger partial charge on any atom is 0.143 e. The van der Waals surface area contributed by atoms with Crippen LogP contribution in [0.5, 0.6) is 0 Å². The molecule has 0 spiro atoms. The van der Waals surface area contributed by atoms with Gasteiger partial charge in [0.25, 0.3) is 0 Å². The lowest BCUT2D eigenvalue weighted by Gasteiger charge is -2.25. The molecule has 0 radical (unpaired) electrons. The highest BCUT2D eigenvalue weighted by Gasteiger charge is 2.18. The van der Waals surface area contributed by atoms with Crippen LogP contribution in [0.25, 0.3) is 88.1 Å². The lowest BCUT2D eigenvalue weighted by atomic mass is 9.98. The molecule has 4 heteroatoms. The third kappa shape index (κ3) is 4.48. The Morgan fingerprint density at radius 2 is 0.827 bits per heavy atom. The van der Waals surface area contributed by atoms with Crippen LogP contribution in [0.3, 0.4) is 0 Å². The smallest absolute Gasteiger partial charge is 0.143 e. The average molecular weight is 668 g/mol. The van der Waals surface area contributed by atoms with Crippen LogP contribution in [0.4, 0.5) is 17.1 Å². The van der Waals surface area contributed by atoms with E-state index in [1.165, 1.54) is 0 Å². The van der Waals surface area contributed by atoms with E-state index in [0.717, 1.165) is 105 Å². The number of fused-ring (bicyclic) bond motifs is 9. The fraction of sp³-hybridized carbons (Fsp3) is 0. The van der Waals surface area contributed by atoms with Crippen LogP contribution >= 0.6 is 0 Å². The third-order valence-corrected chi connectivity index (χ3v) is 10.3. The first-order valence-corrected chi connectivity index (χ1v) is 17.5. The molecule has 0 fully saturated rings. The number of anilines is 3. The molecule has 3 heterocycles. The normalized spacial score (nSPS) is 11.8. The van der Waals surface area contributed by atoms with E-state index in [9.17, 15) is 0 Å². The van der Waals surface area contributed by atoms with Crippen LogP contribution in [0.15, 0.2) is 189 Å². The van der Waals surface area contributed by atoms with Gasteiger partial charge in [-0.2, -0.15) is 0 Å². The van der Waals surface area contributed by atoms with Gasteiger partial charge in [0.05, 0.1) is 0 Å². The van der Waals surface area contributed by atoms with Crippen molar-refractivity contribution in [3.63, 3.8) is 0 Å². The number of furan rings is 3. The summed E-state index contributed by atoms with van der Waals surface area (Å²) in [5, 5.41) is 6.56. The summed E-state index contributed by atoms with van der Waals surface area (Å²) in [5.74, 6) is 0. The number of rotatable bonds is 5. The van der Waals surface area contributed by atoms with Gasteiger partial charge in [0.2, 0.25) is 0 Å². The number of hydrogen-bond acceptors (Lipinski definition) is 4. The molecule has 0 aliphatic rings. The summed E-state index contributed by atoms with van der Waals surface area (Å²) >= 11 is 0. The van der Waals surface area contributed by atoms with Gasteiger partial charge in [-0.05, 0) is 102 Å². The molecule has 0 aliphatic heterocycles. The summed E-state index contributed by atoms with van der Waals surface area (Å²) < 4.78 is 19.1. The molecule has 11 rings (SSSR count). The van der Waals surface area contributed by atoms with Crippen molar-refractivity contribution < 1.29 is 13.3 Å². The predicted octanol–water partition coefficient (Wildman–Crippen LogP) is 14.2. The van der Waals surface area contributed by atoms with Gasteiger partial charge in [-0.1, -0.05) is 91.0 Å². The zero-order valence-corrected chi connectivity index (χ0v) is 27.9. The Morgan fingerprint density at radius 1 is 0.288 bits per heavy atom. The molecule has 0 atom stereocenters. The molecule has 0 bridgehead atoms. The summed E-state index contributed by atoms with van der Waals surface area (Å²) in [6, 6.07) is 61.3. The van der Waals surface area contributed by atoms with E-state index >= 15 is 0 Å². The standard InChI is InChI=1S/C48H29NO3/c1-3-10-33(11-4-1)49(34-12-5-2-6-13-34)35-21-25-45-42(29-35)38-22-18-31(28-47(38)51-45)30-19-23-46-41(26-30)39-16-9-15-36(48(39)52-46)32-20-24-44-40(27-32)37-14-7-8-17-43(37)50-44/h1-29H. The molecule has 0 aliphatic carbocycles. The van der Waals surface area contributed by atoms with Crippen LogP contribution in [0, 0.1) is 0 Å². The summed E-state index contributed by atoms with van der Waals surface area (Å²) in [7, 11) is 0. The molecule has 11 aromatic rings. The zero-order chi connectivity index (χ0) is 34.2. The highest BCUT2D eigenvalue weighted by atomic mass is 16.3. The number of hydrogen-bond donors (Lipinski definition) is 0. The number of benzene rings is 8. The van der Waals surface area contributed by atoms with Crippen molar-refractivity contribution in [3.8, 4) is 22.3 Å². The Bertz CT molecular complexity index is 3090. The van der Waals surface area contributed by atoms with Crippen LogP contribution in [-0.2, 0) is 0 Å². The highest BCUT2D eigenvalue weighted by molar-refractivity contribution is 6.13. The molecular formula is C48H29NO3. The second-order valence-electron chi connectivity index (χ2n) is 13.3. The minimum absolute atomic E-state index is 0.859. The maximum absolute atomic E-state index is 6.57. The maximum atomic E-state index is 6.57. The second kappa shape index (κ2) is 11.2. The first kappa shape index (κ1) is 28.8. The summed E-state index contributed by atoms with van der Waals surface area (Å²) in [4.78, 5) is 2.28. The van der Waals surface area contributed by atoms with Crippen molar-refractivity contribution in [1.82, 2.24) is 0 Å². The Kier molecular flexibility index (Phi) is 6.22. The molecule has 0 saturated heterocycles. The van der Waals surface area contributed by atoms with Crippen molar-refractivity contribution in [2.24, 2.45) is 0 Å². The van der Waals surface area contributed by atoms with E-state index in [4.69, 9.17) is 13.3 Å². The molecule has 4 nitrogen and oxygen atoms in total. The summed E-state index contributed by atoms with van der Waals surface area (Å²) in [6.07, 6.45) is 0. The second-order valence-corrected chi connectivity index (χ2v) is 13.3.